The fraction of sp³-hybridized carbons (Fsp3) is 0.350. The highest BCUT2D eigenvalue weighted by Crippen LogP contribution is 2.27. The average molecular weight is 450 g/mol. The minimum Gasteiger partial charge on any atom is -0.383 e. The number of nitrogens with one attached hydrogen (secondary N) is 1. The van der Waals surface area contributed by atoms with Gasteiger partial charge < -0.3 is 10.1 Å². The molecule has 0 aliphatic heterocycles. The molecule has 0 aromatic heterocycles. The van der Waals surface area contributed by atoms with Gasteiger partial charge in [-0.15, -0.1) is 0 Å². The average Bonchev–Trinajstić information content (AvgIpc) is 2.68. The molecular formula is C20H24BrN3O4. The van der Waals surface area contributed by atoms with Crippen LogP contribution in [0.5, 0.6) is 0 Å². The normalized spacial score (nSPS) is 10.8. The SMILES string of the molecule is COCCN(CCCc1ccccc1)CC(=O)Nc1ccc([N+](=O)[O-])cc1Br. The van der Waals surface area contributed by atoms with E-state index in [1.807, 2.05) is 23.1 Å². The lowest BCUT2D eigenvalue weighted by Crippen LogP contribution is -2.36. The Morgan fingerprint density at radius 2 is 1.96 bits per heavy atom. The lowest BCUT2D eigenvalue weighted by molar-refractivity contribution is -0.384. The van der Waals surface area contributed by atoms with Crippen molar-refractivity contribution in [2.24, 2.45) is 0 Å². The summed E-state index contributed by atoms with van der Waals surface area (Å²) in [6, 6.07) is 14.5. The Balaban J connectivity index is 1.89. The lowest BCUT2D eigenvalue weighted by atomic mass is 10.1. The first kappa shape index (κ1) is 22.0. The number of hydrogen-bond donors (Lipinski definition) is 1. The van der Waals surface area contributed by atoms with Crippen LogP contribution in [0.3, 0.4) is 0 Å². The van der Waals surface area contributed by atoms with Gasteiger partial charge in [0.25, 0.3) is 5.69 Å². The third-order valence-corrected chi connectivity index (χ3v) is 4.86. The molecule has 0 atom stereocenters. The molecule has 8 heteroatoms. The third-order valence-electron chi connectivity index (χ3n) is 4.20. The number of carbonyl (C=O) groups excluding carboxylic acids is 1. The van der Waals surface area contributed by atoms with E-state index in [1.165, 1.54) is 23.8 Å². The van der Waals surface area contributed by atoms with Gasteiger partial charge in [-0.25, -0.2) is 0 Å². The van der Waals surface area contributed by atoms with Gasteiger partial charge in [0.15, 0.2) is 0 Å². The first-order valence-electron chi connectivity index (χ1n) is 8.98. The number of hydrogen-bond acceptors (Lipinski definition) is 5. The highest BCUT2D eigenvalue weighted by molar-refractivity contribution is 9.10. The summed E-state index contributed by atoms with van der Waals surface area (Å²) in [7, 11) is 1.64. The third kappa shape index (κ3) is 7.38. The van der Waals surface area contributed by atoms with Crippen molar-refractivity contribution in [3.8, 4) is 0 Å². The van der Waals surface area contributed by atoms with Crippen LogP contribution >= 0.6 is 15.9 Å². The van der Waals surface area contributed by atoms with Crippen LogP contribution in [0.1, 0.15) is 12.0 Å². The molecule has 1 amide bonds. The fourth-order valence-electron chi connectivity index (χ4n) is 2.75. The number of ether oxygens (including phenoxy) is 1. The largest absolute Gasteiger partial charge is 0.383 e. The number of nitro benzene ring substituents is 1. The van der Waals surface area contributed by atoms with E-state index < -0.39 is 4.92 Å². The number of carbonyl (C=O) groups is 1. The molecule has 2 aromatic carbocycles. The summed E-state index contributed by atoms with van der Waals surface area (Å²) in [4.78, 5) is 24.8. The van der Waals surface area contributed by atoms with Gasteiger partial charge in [-0.05, 0) is 46.9 Å². The zero-order valence-corrected chi connectivity index (χ0v) is 17.4. The van der Waals surface area contributed by atoms with Crippen molar-refractivity contribution < 1.29 is 14.5 Å². The van der Waals surface area contributed by atoms with Gasteiger partial charge in [0.1, 0.15) is 0 Å². The smallest absolute Gasteiger partial charge is 0.270 e. The van der Waals surface area contributed by atoms with Crippen LogP contribution in [0.4, 0.5) is 11.4 Å². The molecule has 7 nitrogen and oxygen atoms in total. The number of methoxy groups -OCH3 is 1. The summed E-state index contributed by atoms with van der Waals surface area (Å²) in [5.41, 5.74) is 1.74. The Morgan fingerprint density at radius 1 is 1.21 bits per heavy atom. The number of amides is 1. The number of nitrogens with zero attached hydrogens (tertiary/aromatic N) is 2. The van der Waals surface area contributed by atoms with Crippen molar-refractivity contribution in [1.82, 2.24) is 4.90 Å². The molecule has 0 radical (unpaired) electrons. The Labute approximate surface area is 173 Å². The molecule has 2 rings (SSSR count). The van der Waals surface area contributed by atoms with Gasteiger partial charge in [0.05, 0.1) is 23.8 Å². The summed E-state index contributed by atoms with van der Waals surface area (Å²) in [6.07, 6.45) is 1.88. The van der Waals surface area contributed by atoms with E-state index in [4.69, 9.17) is 4.74 Å². The number of nitro groups is 1. The summed E-state index contributed by atoms with van der Waals surface area (Å²) in [5.74, 6) is -0.176. The second kappa shape index (κ2) is 11.5. The second-order valence-electron chi connectivity index (χ2n) is 6.33. The number of non-ortho nitro benzene ring substituents is 1. The van der Waals surface area contributed by atoms with Crippen LogP contribution < -0.4 is 5.32 Å². The van der Waals surface area contributed by atoms with E-state index >= 15 is 0 Å². The number of aryl methyl sites for hydroxylation is 1. The maximum Gasteiger partial charge on any atom is 0.270 e. The first-order chi connectivity index (χ1) is 13.5. The van der Waals surface area contributed by atoms with Gasteiger partial charge in [0.2, 0.25) is 5.91 Å². The zero-order valence-electron chi connectivity index (χ0n) is 15.8. The van der Waals surface area contributed by atoms with E-state index in [0.717, 1.165) is 19.4 Å². The summed E-state index contributed by atoms with van der Waals surface area (Å²) in [6.45, 7) is 2.19. The summed E-state index contributed by atoms with van der Waals surface area (Å²) < 4.78 is 5.62. The maximum atomic E-state index is 12.4. The van der Waals surface area contributed by atoms with Gasteiger partial charge in [-0.1, -0.05) is 30.3 Å². The van der Waals surface area contributed by atoms with Crippen molar-refractivity contribution in [2.75, 3.05) is 38.7 Å². The van der Waals surface area contributed by atoms with Crippen LogP contribution in [0.25, 0.3) is 0 Å². The van der Waals surface area contributed by atoms with E-state index in [2.05, 4.69) is 33.4 Å². The van der Waals surface area contributed by atoms with Crippen LogP contribution in [0.15, 0.2) is 53.0 Å². The fourth-order valence-corrected chi connectivity index (χ4v) is 3.22. The molecular weight excluding hydrogens is 426 g/mol. The van der Waals surface area contributed by atoms with Gasteiger partial charge in [-0.2, -0.15) is 0 Å². The zero-order chi connectivity index (χ0) is 20.4. The van der Waals surface area contributed by atoms with Crippen LogP contribution in [0, 0.1) is 10.1 Å². The van der Waals surface area contributed by atoms with Crippen LogP contribution in [-0.2, 0) is 16.0 Å². The molecule has 0 heterocycles. The highest BCUT2D eigenvalue weighted by Gasteiger charge is 2.14. The minimum absolute atomic E-state index is 0.0347. The molecule has 1 N–H and O–H groups in total. The van der Waals surface area contributed by atoms with E-state index in [1.54, 1.807) is 7.11 Å². The van der Waals surface area contributed by atoms with Gasteiger partial charge >= 0.3 is 0 Å². The summed E-state index contributed by atoms with van der Waals surface area (Å²) in [5, 5.41) is 13.6. The molecule has 0 aliphatic carbocycles. The first-order valence-corrected chi connectivity index (χ1v) is 9.78. The molecule has 0 saturated heterocycles. The van der Waals surface area contributed by atoms with Gasteiger partial charge in [0, 0.05) is 30.3 Å². The van der Waals surface area contributed by atoms with E-state index in [-0.39, 0.29) is 18.1 Å². The maximum absolute atomic E-state index is 12.4. The molecule has 0 fully saturated rings. The van der Waals surface area contributed by atoms with Crippen molar-refractivity contribution in [3.05, 3.63) is 68.7 Å². The second-order valence-corrected chi connectivity index (χ2v) is 7.18. The predicted octanol–water partition coefficient (Wildman–Crippen LogP) is 3.88. The number of anilines is 1. The number of halogens is 1. The van der Waals surface area contributed by atoms with Crippen molar-refractivity contribution in [1.29, 1.82) is 0 Å². The molecule has 0 saturated carbocycles. The predicted molar refractivity (Wildman–Crippen MR) is 113 cm³/mol. The number of benzene rings is 2. The number of rotatable bonds is 11. The lowest BCUT2D eigenvalue weighted by Gasteiger charge is -2.21. The van der Waals surface area contributed by atoms with E-state index in [9.17, 15) is 14.9 Å². The Hall–Kier alpha value is -2.29. The summed E-state index contributed by atoms with van der Waals surface area (Å²) >= 11 is 3.27. The molecule has 150 valence electrons. The molecule has 0 bridgehead atoms. The van der Waals surface area contributed by atoms with Crippen LogP contribution in [-0.4, -0.2) is 49.1 Å². The standard InChI is InChI=1S/C20H24BrN3O4/c1-28-13-12-23(11-5-8-16-6-3-2-4-7-16)15-20(25)22-19-10-9-17(24(26)27)14-18(19)21/h2-4,6-7,9-10,14H,5,8,11-13,15H2,1H3,(H,22,25). The molecule has 2 aromatic rings. The van der Waals surface area contributed by atoms with Crippen molar-refractivity contribution in [2.45, 2.75) is 12.8 Å². The Bertz CT molecular complexity index is 786. The minimum atomic E-state index is -0.477. The Morgan fingerprint density at radius 3 is 2.61 bits per heavy atom. The molecule has 0 unspecified atom stereocenters. The topological polar surface area (TPSA) is 84.7 Å². The van der Waals surface area contributed by atoms with E-state index in [0.29, 0.717) is 23.3 Å². The quantitative estimate of drug-likeness (QED) is 0.415. The Kier molecular flexibility index (Phi) is 9.06. The van der Waals surface area contributed by atoms with Crippen molar-refractivity contribution in [3.63, 3.8) is 0 Å². The molecule has 0 spiro atoms. The van der Waals surface area contributed by atoms with Crippen molar-refractivity contribution >= 4 is 33.2 Å². The van der Waals surface area contributed by atoms with Crippen LogP contribution in [0.2, 0.25) is 0 Å². The van der Waals surface area contributed by atoms with Gasteiger partial charge in [-0.3, -0.25) is 19.8 Å². The highest BCUT2D eigenvalue weighted by atomic mass is 79.9. The molecule has 28 heavy (non-hydrogen) atoms. The molecule has 0 aliphatic rings. The monoisotopic (exact) mass is 449 g/mol.